The molecule has 2 fully saturated rings. The molecule has 0 aliphatic carbocycles. The fourth-order valence-electron chi connectivity index (χ4n) is 2.67. The van der Waals surface area contributed by atoms with Crippen LogP contribution in [0.2, 0.25) is 5.28 Å². The summed E-state index contributed by atoms with van der Waals surface area (Å²) in [5, 5.41) is 10.4. The highest BCUT2D eigenvalue weighted by atomic mass is 35.5. The summed E-state index contributed by atoms with van der Waals surface area (Å²) >= 11 is 6.10. The first kappa shape index (κ1) is 19.9. The maximum atomic E-state index is 11.5. The molecule has 2 aliphatic heterocycles. The van der Waals surface area contributed by atoms with Crippen molar-refractivity contribution in [2.24, 2.45) is 0 Å². The third-order valence-corrected chi connectivity index (χ3v) is 4.93. The topological polar surface area (TPSA) is 218 Å². The lowest BCUT2D eigenvalue weighted by Crippen LogP contribution is -2.39. The molecule has 4 rings (SSSR count). The molecule has 5 atom stereocenters. The number of aliphatic hydroxyl groups is 1. The molecule has 0 spiro atoms. The van der Waals surface area contributed by atoms with E-state index in [4.69, 9.17) is 26.6 Å². The molecule has 0 bridgehead atoms. The summed E-state index contributed by atoms with van der Waals surface area (Å²) in [7, 11) is -4.21. The Morgan fingerprint density at radius 1 is 1.40 bits per heavy atom. The molecule has 13 nitrogen and oxygen atoms in total. The van der Waals surface area contributed by atoms with Crippen LogP contribution in [0.25, 0.3) is 11.2 Å². The number of ether oxygens (including phenoxy) is 1. The summed E-state index contributed by atoms with van der Waals surface area (Å²) in [5.74, 6) is 0.125. The third kappa shape index (κ3) is 3.10. The third-order valence-electron chi connectivity index (χ3n) is 3.68. The van der Waals surface area contributed by atoms with Crippen LogP contribution in [0.5, 0.6) is 0 Å². The minimum absolute atomic E-state index is 0. The van der Waals surface area contributed by atoms with Crippen LogP contribution in [0, 0.1) is 0 Å². The Hall–Kier alpha value is -1.41. The lowest BCUT2D eigenvalue weighted by molar-refractivity contribution is -0.0663. The van der Waals surface area contributed by atoms with Gasteiger partial charge < -0.3 is 31.4 Å². The van der Waals surface area contributed by atoms with Gasteiger partial charge in [-0.2, -0.15) is 0 Å². The second kappa shape index (κ2) is 6.72. The summed E-state index contributed by atoms with van der Waals surface area (Å²) in [5.41, 5.74) is 6.24. The zero-order chi connectivity index (χ0) is 16.4. The molecule has 8 N–H and O–H groups in total. The quantitative estimate of drug-likeness (QED) is 0.360. The van der Waals surface area contributed by atoms with Crippen LogP contribution in [-0.2, 0) is 18.3 Å². The summed E-state index contributed by atoms with van der Waals surface area (Å²) in [6.45, 7) is -0.201. The SMILES string of the molecule is Nc1ncnc2c1nc(Cl)n2[C@@H]1O[C@@H]2COP(=O)(O)O[C@H]2[C@H]1O.O.O. The highest BCUT2D eigenvalue weighted by molar-refractivity contribution is 7.47. The van der Waals surface area contributed by atoms with Crippen LogP contribution < -0.4 is 5.73 Å². The van der Waals surface area contributed by atoms with E-state index in [-0.39, 0.29) is 39.8 Å². The van der Waals surface area contributed by atoms with E-state index in [1.807, 2.05) is 0 Å². The van der Waals surface area contributed by atoms with Gasteiger partial charge in [-0.1, -0.05) is 0 Å². The monoisotopic (exact) mass is 399 g/mol. The Labute approximate surface area is 144 Å². The number of aromatic nitrogens is 4. The molecule has 1 unspecified atom stereocenters. The number of fused-ring (bicyclic) bond motifs is 2. The van der Waals surface area contributed by atoms with Gasteiger partial charge in [-0.25, -0.2) is 19.5 Å². The van der Waals surface area contributed by atoms with Crippen LogP contribution in [0.3, 0.4) is 0 Å². The number of hydrogen-bond donors (Lipinski definition) is 3. The lowest BCUT2D eigenvalue weighted by atomic mass is 10.1. The number of halogens is 1. The highest BCUT2D eigenvalue weighted by Crippen LogP contribution is 2.52. The van der Waals surface area contributed by atoms with Gasteiger partial charge >= 0.3 is 7.82 Å². The summed E-state index contributed by atoms with van der Waals surface area (Å²) in [4.78, 5) is 21.3. The average molecular weight is 400 g/mol. The smallest absolute Gasteiger partial charge is 0.412 e. The van der Waals surface area contributed by atoms with Crippen molar-refractivity contribution in [3.63, 3.8) is 0 Å². The number of rotatable bonds is 1. The molecule has 2 aromatic heterocycles. The van der Waals surface area contributed by atoms with Gasteiger partial charge in [0.1, 0.15) is 24.6 Å². The molecule has 2 aliphatic rings. The number of nitrogens with two attached hydrogens (primary N) is 1. The Morgan fingerprint density at radius 2 is 2.12 bits per heavy atom. The zero-order valence-corrected chi connectivity index (χ0v) is 14.0. The normalized spacial score (nSPS) is 34.2. The molecule has 25 heavy (non-hydrogen) atoms. The first-order chi connectivity index (χ1) is 10.9. The molecule has 15 heteroatoms. The van der Waals surface area contributed by atoms with Gasteiger partial charge in [0.25, 0.3) is 0 Å². The number of imidazole rings is 1. The van der Waals surface area contributed by atoms with Crippen molar-refractivity contribution in [1.29, 1.82) is 0 Å². The van der Waals surface area contributed by atoms with Gasteiger partial charge in [0, 0.05) is 0 Å². The first-order valence-electron chi connectivity index (χ1n) is 6.50. The minimum Gasteiger partial charge on any atom is -0.412 e. The number of hydrogen-bond acceptors (Lipinski definition) is 9. The van der Waals surface area contributed by atoms with Crippen molar-refractivity contribution in [3.05, 3.63) is 11.6 Å². The lowest BCUT2D eigenvalue weighted by Gasteiger charge is -2.27. The molecule has 2 aromatic rings. The van der Waals surface area contributed by atoms with Gasteiger partial charge in [0.15, 0.2) is 23.2 Å². The van der Waals surface area contributed by atoms with E-state index < -0.39 is 32.4 Å². The van der Waals surface area contributed by atoms with E-state index in [1.165, 1.54) is 10.9 Å². The second-order valence-corrected chi connectivity index (χ2v) is 6.82. The average Bonchev–Trinajstić information content (AvgIpc) is 2.97. The molecule has 0 aromatic carbocycles. The predicted molar refractivity (Wildman–Crippen MR) is 82.5 cm³/mol. The van der Waals surface area contributed by atoms with Crippen LogP contribution in [0.1, 0.15) is 6.23 Å². The maximum Gasteiger partial charge on any atom is 0.472 e. The van der Waals surface area contributed by atoms with Crippen molar-refractivity contribution < 1.29 is 39.3 Å². The maximum absolute atomic E-state index is 11.5. The second-order valence-electron chi connectivity index (χ2n) is 5.07. The van der Waals surface area contributed by atoms with Crippen molar-refractivity contribution in [1.82, 2.24) is 19.5 Å². The first-order valence-corrected chi connectivity index (χ1v) is 8.38. The Kier molecular flexibility index (Phi) is 5.35. The van der Waals surface area contributed by atoms with Crippen LogP contribution in [0.15, 0.2) is 6.33 Å². The Bertz CT molecular complexity index is 835. The van der Waals surface area contributed by atoms with Crippen molar-refractivity contribution in [2.75, 3.05) is 12.3 Å². The predicted octanol–water partition coefficient (Wildman–Crippen LogP) is -1.81. The van der Waals surface area contributed by atoms with Crippen LogP contribution in [0.4, 0.5) is 5.82 Å². The number of nitrogens with zero attached hydrogens (tertiary/aromatic N) is 4. The molecule has 2 saturated heterocycles. The zero-order valence-electron chi connectivity index (χ0n) is 12.3. The van der Waals surface area contributed by atoms with Gasteiger partial charge in [-0.15, -0.1) is 0 Å². The van der Waals surface area contributed by atoms with Gasteiger partial charge in [0.2, 0.25) is 5.28 Å². The standard InChI is InChI=1S/C10H11ClN5O6P.2H2O/c11-10-15-4-7(12)13-2-14-8(4)16(10)9-5(17)6-3(21-9)1-20-23(18,19)22-6;;/h2-3,5-6,9,17H,1H2,(H,18,19)(H2,12,13,14);2*1H2/t3-,5-,6-,9-;;/m1../s1. The number of anilines is 1. The largest absolute Gasteiger partial charge is 0.472 e. The Morgan fingerprint density at radius 3 is 2.84 bits per heavy atom. The molecule has 140 valence electrons. The number of nitrogen functional groups attached to an aromatic ring is 1. The number of phosphoric ester groups is 1. The van der Waals surface area contributed by atoms with Crippen LogP contribution >= 0.6 is 19.4 Å². The molecule has 0 radical (unpaired) electrons. The highest BCUT2D eigenvalue weighted by Gasteiger charge is 2.53. The van der Waals surface area contributed by atoms with Gasteiger partial charge in [-0.3, -0.25) is 13.6 Å². The molecule has 4 heterocycles. The van der Waals surface area contributed by atoms with E-state index in [0.29, 0.717) is 0 Å². The van der Waals surface area contributed by atoms with Crippen molar-refractivity contribution in [3.8, 4) is 0 Å². The van der Waals surface area contributed by atoms with Crippen molar-refractivity contribution >= 4 is 36.4 Å². The van der Waals surface area contributed by atoms with Gasteiger partial charge in [0.05, 0.1) is 6.61 Å². The van der Waals surface area contributed by atoms with Gasteiger partial charge in [-0.05, 0) is 11.6 Å². The number of phosphoric acid groups is 1. The fraction of sp³-hybridized carbons (Fsp3) is 0.500. The fourth-order valence-corrected chi connectivity index (χ4v) is 3.90. The van der Waals surface area contributed by atoms with E-state index in [2.05, 4.69) is 19.5 Å². The molecule has 0 saturated carbocycles. The summed E-state index contributed by atoms with van der Waals surface area (Å²) in [6.07, 6.45) is -2.87. The summed E-state index contributed by atoms with van der Waals surface area (Å²) < 4.78 is 28.0. The Balaban J connectivity index is 0.00000113. The van der Waals surface area contributed by atoms with Crippen LogP contribution in [-0.4, -0.2) is 65.4 Å². The molecular weight excluding hydrogens is 385 g/mol. The number of aliphatic hydroxyl groups excluding tert-OH is 1. The minimum atomic E-state index is -4.21. The summed E-state index contributed by atoms with van der Waals surface area (Å²) in [6, 6.07) is 0. The molecular formula is C10H15ClN5O8P. The molecule has 0 amide bonds. The van der Waals surface area contributed by atoms with E-state index in [9.17, 15) is 14.6 Å². The van der Waals surface area contributed by atoms with E-state index >= 15 is 0 Å². The van der Waals surface area contributed by atoms with E-state index in [0.717, 1.165) is 0 Å². The van der Waals surface area contributed by atoms with Crippen molar-refractivity contribution in [2.45, 2.75) is 24.5 Å². The van der Waals surface area contributed by atoms with E-state index in [1.54, 1.807) is 0 Å².